The summed E-state index contributed by atoms with van der Waals surface area (Å²) < 4.78 is 0. The van der Waals surface area contributed by atoms with Crippen LogP contribution >= 0.6 is 35.6 Å². The molecular weight excluding hydrogens is 319 g/mol. The van der Waals surface area contributed by atoms with Gasteiger partial charge >= 0.3 is 0 Å². The van der Waals surface area contributed by atoms with Gasteiger partial charge in [0.15, 0.2) is 0 Å². The van der Waals surface area contributed by atoms with Crippen LogP contribution in [0, 0.1) is 0 Å². The summed E-state index contributed by atoms with van der Waals surface area (Å²) in [6.45, 7) is 1.43. The first kappa shape index (κ1) is 17.3. The number of carbonyl (C=O) groups is 1. The molecule has 0 bridgehead atoms. The van der Waals surface area contributed by atoms with E-state index >= 15 is 0 Å². The number of halogens is 3. The van der Waals surface area contributed by atoms with Gasteiger partial charge in [-0.2, -0.15) is 0 Å². The summed E-state index contributed by atoms with van der Waals surface area (Å²) in [5.41, 5.74) is 6.56. The van der Waals surface area contributed by atoms with Gasteiger partial charge in [-0.1, -0.05) is 35.3 Å². The average Bonchev–Trinajstić information content (AvgIpc) is 2.41. The van der Waals surface area contributed by atoms with Crippen molar-refractivity contribution in [2.24, 2.45) is 5.73 Å². The standard InChI is InChI=1S/C14H16Cl2N2O.ClH/c15-12-3-1-2-10(14(12)16)4-5-13(19)18-8-6-11(17)7-9-18;/h1-5,11H,6-9,17H2;1H. The number of likely N-dealkylation sites (tertiary alicyclic amines) is 1. The van der Waals surface area contributed by atoms with Crippen molar-refractivity contribution >= 4 is 47.6 Å². The monoisotopic (exact) mass is 334 g/mol. The Morgan fingerprint density at radius 3 is 2.60 bits per heavy atom. The van der Waals surface area contributed by atoms with Crippen molar-refractivity contribution in [1.82, 2.24) is 4.90 Å². The quantitative estimate of drug-likeness (QED) is 0.842. The summed E-state index contributed by atoms with van der Waals surface area (Å²) in [4.78, 5) is 13.8. The Bertz CT molecular complexity index is 497. The van der Waals surface area contributed by atoms with E-state index in [9.17, 15) is 4.79 Å². The van der Waals surface area contributed by atoms with Gasteiger partial charge in [-0.3, -0.25) is 4.79 Å². The smallest absolute Gasteiger partial charge is 0.246 e. The molecule has 1 aromatic rings. The maximum Gasteiger partial charge on any atom is 0.246 e. The van der Waals surface area contributed by atoms with Crippen LogP contribution < -0.4 is 5.73 Å². The van der Waals surface area contributed by atoms with Crippen LogP contribution in [-0.4, -0.2) is 29.9 Å². The van der Waals surface area contributed by atoms with Gasteiger partial charge in [-0.25, -0.2) is 0 Å². The Kier molecular flexibility index (Phi) is 6.83. The molecule has 0 aliphatic carbocycles. The van der Waals surface area contributed by atoms with E-state index in [2.05, 4.69) is 0 Å². The lowest BCUT2D eigenvalue weighted by atomic mass is 10.1. The number of benzene rings is 1. The SMILES string of the molecule is Cl.NC1CCN(C(=O)C=Cc2cccc(Cl)c2Cl)CC1. The number of nitrogens with zero attached hydrogens (tertiary/aromatic N) is 1. The number of hydrogen-bond acceptors (Lipinski definition) is 2. The van der Waals surface area contributed by atoms with Crippen LogP contribution in [-0.2, 0) is 4.79 Å². The molecule has 3 nitrogen and oxygen atoms in total. The summed E-state index contributed by atoms with van der Waals surface area (Å²) in [6, 6.07) is 5.56. The molecular formula is C14H17Cl3N2O. The van der Waals surface area contributed by atoms with Crippen molar-refractivity contribution in [2.45, 2.75) is 18.9 Å². The van der Waals surface area contributed by atoms with E-state index in [4.69, 9.17) is 28.9 Å². The molecule has 2 rings (SSSR count). The van der Waals surface area contributed by atoms with Gasteiger partial charge in [-0.05, 0) is 30.5 Å². The Morgan fingerprint density at radius 1 is 1.30 bits per heavy atom. The molecule has 0 saturated carbocycles. The minimum atomic E-state index is -0.0112. The maximum atomic E-state index is 12.0. The second kappa shape index (κ2) is 7.89. The summed E-state index contributed by atoms with van der Waals surface area (Å²) in [7, 11) is 0. The highest BCUT2D eigenvalue weighted by Gasteiger charge is 2.18. The second-order valence-electron chi connectivity index (χ2n) is 4.64. The predicted molar refractivity (Wildman–Crippen MR) is 86.5 cm³/mol. The van der Waals surface area contributed by atoms with Crippen LogP contribution in [0.15, 0.2) is 24.3 Å². The van der Waals surface area contributed by atoms with Crippen LogP contribution in [0.4, 0.5) is 0 Å². The van der Waals surface area contributed by atoms with Crippen molar-refractivity contribution in [1.29, 1.82) is 0 Å². The minimum absolute atomic E-state index is 0. The van der Waals surface area contributed by atoms with Crippen LogP contribution in [0.5, 0.6) is 0 Å². The number of nitrogens with two attached hydrogens (primary N) is 1. The van der Waals surface area contributed by atoms with E-state index in [0.29, 0.717) is 23.1 Å². The van der Waals surface area contributed by atoms with Crippen molar-refractivity contribution in [3.05, 3.63) is 39.9 Å². The summed E-state index contributed by atoms with van der Waals surface area (Å²) in [5.74, 6) is -0.0112. The highest BCUT2D eigenvalue weighted by molar-refractivity contribution is 6.42. The van der Waals surface area contributed by atoms with Crippen LogP contribution in [0.2, 0.25) is 10.0 Å². The third-order valence-electron chi connectivity index (χ3n) is 3.24. The number of amides is 1. The number of piperidine rings is 1. The lowest BCUT2D eigenvalue weighted by molar-refractivity contribution is -0.126. The zero-order valence-electron chi connectivity index (χ0n) is 10.9. The third kappa shape index (κ3) is 4.38. The molecule has 1 aliphatic rings. The highest BCUT2D eigenvalue weighted by atomic mass is 35.5. The molecule has 6 heteroatoms. The van der Waals surface area contributed by atoms with Gasteiger partial charge in [0.1, 0.15) is 0 Å². The average molecular weight is 336 g/mol. The molecule has 2 N–H and O–H groups in total. The van der Waals surface area contributed by atoms with E-state index < -0.39 is 0 Å². The molecule has 0 aromatic heterocycles. The molecule has 1 heterocycles. The van der Waals surface area contributed by atoms with Gasteiger partial charge in [0, 0.05) is 25.2 Å². The number of carbonyl (C=O) groups excluding carboxylic acids is 1. The van der Waals surface area contributed by atoms with Crippen molar-refractivity contribution in [3.8, 4) is 0 Å². The van der Waals surface area contributed by atoms with E-state index in [-0.39, 0.29) is 24.4 Å². The van der Waals surface area contributed by atoms with E-state index in [1.807, 2.05) is 6.07 Å². The lowest BCUT2D eigenvalue weighted by Gasteiger charge is -2.29. The molecule has 20 heavy (non-hydrogen) atoms. The van der Waals surface area contributed by atoms with Gasteiger partial charge in [-0.15, -0.1) is 12.4 Å². The second-order valence-corrected chi connectivity index (χ2v) is 5.42. The molecule has 0 spiro atoms. The fourth-order valence-electron chi connectivity index (χ4n) is 2.04. The van der Waals surface area contributed by atoms with Crippen molar-refractivity contribution in [2.75, 3.05) is 13.1 Å². The molecule has 0 radical (unpaired) electrons. The molecule has 0 unspecified atom stereocenters. The topological polar surface area (TPSA) is 46.3 Å². The van der Waals surface area contributed by atoms with E-state index in [1.54, 1.807) is 23.1 Å². The Labute approximate surface area is 135 Å². The first-order valence-electron chi connectivity index (χ1n) is 6.24. The minimum Gasteiger partial charge on any atom is -0.339 e. The van der Waals surface area contributed by atoms with Crippen LogP contribution in [0.1, 0.15) is 18.4 Å². The highest BCUT2D eigenvalue weighted by Crippen LogP contribution is 2.26. The van der Waals surface area contributed by atoms with Crippen LogP contribution in [0.25, 0.3) is 6.08 Å². The largest absolute Gasteiger partial charge is 0.339 e. The predicted octanol–water partition coefficient (Wildman–Crippen LogP) is 3.38. The van der Waals surface area contributed by atoms with Gasteiger partial charge < -0.3 is 10.6 Å². The molecule has 1 aliphatic heterocycles. The van der Waals surface area contributed by atoms with Gasteiger partial charge in [0.25, 0.3) is 0 Å². The van der Waals surface area contributed by atoms with Gasteiger partial charge in [0.2, 0.25) is 5.91 Å². The van der Waals surface area contributed by atoms with E-state index in [0.717, 1.165) is 18.4 Å². The van der Waals surface area contributed by atoms with Crippen molar-refractivity contribution in [3.63, 3.8) is 0 Å². The summed E-state index contributed by atoms with van der Waals surface area (Å²) >= 11 is 12.0. The summed E-state index contributed by atoms with van der Waals surface area (Å²) in [5, 5.41) is 0.953. The Hall–Kier alpha value is -0.740. The van der Waals surface area contributed by atoms with Gasteiger partial charge in [0.05, 0.1) is 10.0 Å². The Balaban J connectivity index is 0.00000200. The molecule has 1 saturated heterocycles. The first-order valence-corrected chi connectivity index (χ1v) is 7.00. The normalized spacial score (nSPS) is 16.2. The number of rotatable bonds is 2. The zero-order valence-corrected chi connectivity index (χ0v) is 13.2. The summed E-state index contributed by atoms with van der Waals surface area (Å²) in [6.07, 6.45) is 4.95. The molecule has 1 fully saturated rings. The number of hydrogen-bond donors (Lipinski definition) is 1. The molecule has 1 amide bonds. The fraction of sp³-hybridized carbons (Fsp3) is 0.357. The van der Waals surface area contributed by atoms with Crippen molar-refractivity contribution < 1.29 is 4.79 Å². The first-order chi connectivity index (χ1) is 9.08. The fourth-order valence-corrected chi connectivity index (χ4v) is 2.41. The molecule has 1 aromatic carbocycles. The van der Waals surface area contributed by atoms with E-state index in [1.165, 1.54) is 6.08 Å². The lowest BCUT2D eigenvalue weighted by Crippen LogP contribution is -2.42. The Morgan fingerprint density at radius 2 is 1.95 bits per heavy atom. The molecule has 0 atom stereocenters. The maximum absolute atomic E-state index is 12.0. The van der Waals surface area contributed by atoms with Crippen LogP contribution in [0.3, 0.4) is 0 Å². The molecule has 110 valence electrons. The zero-order chi connectivity index (χ0) is 13.8. The third-order valence-corrected chi connectivity index (χ3v) is 4.07.